The highest BCUT2D eigenvalue weighted by molar-refractivity contribution is 6.24. The lowest BCUT2D eigenvalue weighted by Gasteiger charge is -2.59. The van der Waals surface area contributed by atoms with Crippen molar-refractivity contribution >= 4 is 23.4 Å². The standard InChI is InChI=1S/C18H27ClN2O2/c19-18-9-13-6-14(10-18)8-17(7-13,12-18)16(23)20-11-15(22)21-4-2-1-3-5-21/h13-14H,1-12H2,(H,20,23)/t13-,14-,17?,18?/m1/s1. The van der Waals surface area contributed by atoms with Crippen LogP contribution in [0.25, 0.3) is 0 Å². The first-order valence-electron chi connectivity index (χ1n) is 9.23. The average molecular weight is 339 g/mol. The average Bonchev–Trinajstić information content (AvgIpc) is 2.50. The third-order valence-corrected chi connectivity index (χ3v) is 7.02. The quantitative estimate of drug-likeness (QED) is 0.804. The third kappa shape index (κ3) is 2.88. The zero-order chi connectivity index (χ0) is 16.1. The van der Waals surface area contributed by atoms with E-state index in [4.69, 9.17) is 11.6 Å². The number of halogens is 1. The Hall–Kier alpha value is -0.770. The number of hydrogen-bond acceptors (Lipinski definition) is 2. The van der Waals surface area contributed by atoms with Crippen LogP contribution in [0.3, 0.4) is 0 Å². The van der Waals surface area contributed by atoms with E-state index in [-0.39, 0.29) is 28.6 Å². The Balaban J connectivity index is 1.38. The summed E-state index contributed by atoms with van der Waals surface area (Å²) in [6, 6.07) is 0. The SMILES string of the molecule is O=C(CNC(=O)C12C[C@H]3C[C@@H](CC(Cl)(C3)C1)C2)N1CCCCC1. The van der Waals surface area contributed by atoms with Gasteiger partial charge in [0, 0.05) is 18.0 Å². The summed E-state index contributed by atoms with van der Waals surface area (Å²) < 4.78 is 0. The predicted octanol–water partition coefficient (Wildman–Crippen LogP) is 2.69. The minimum absolute atomic E-state index is 0.0726. The summed E-state index contributed by atoms with van der Waals surface area (Å²) in [5, 5.41) is 2.97. The molecule has 0 radical (unpaired) electrons. The summed E-state index contributed by atoms with van der Waals surface area (Å²) in [5.74, 6) is 1.37. The Morgan fingerprint density at radius 3 is 2.30 bits per heavy atom. The van der Waals surface area contributed by atoms with E-state index in [1.165, 1.54) is 12.8 Å². The summed E-state index contributed by atoms with van der Waals surface area (Å²) in [6.45, 7) is 1.84. The van der Waals surface area contributed by atoms with Gasteiger partial charge in [0.1, 0.15) is 0 Å². The van der Waals surface area contributed by atoms with Crippen LogP contribution in [0, 0.1) is 17.3 Å². The number of likely N-dealkylation sites (tertiary alicyclic amines) is 1. The van der Waals surface area contributed by atoms with Gasteiger partial charge in [0.15, 0.2) is 0 Å². The van der Waals surface area contributed by atoms with Crippen molar-refractivity contribution in [1.82, 2.24) is 10.2 Å². The first-order chi connectivity index (χ1) is 11.0. The maximum Gasteiger partial charge on any atom is 0.241 e. The lowest BCUT2D eigenvalue weighted by Crippen LogP contribution is -2.59. The van der Waals surface area contributed by atoms with E-state index in [2.05, 4.69) is 5.32 Å². The van der Waals surface area contributed by atoms with Crippen molar-refractivity contribution in [3.63, 3.8) is 0 Å². The number of nitrogens with one attached hydrogen (secondary N) is 1. The molecule has 2 amide bonds. The first-order valence-corrected chi connectivity index (χ1v) is 9.61. The van der Waals surface area contributed by atoms with Crippen molar-refractivity contribution in [2.45, 2.75) is 62.7 Å². The van der Waals surface area contributed by atoms with Gasteiger partial charge < -0.3 is 10.2 Å². The molecule has 5 rings (SSSR count). The highest BCUT2D eigenvalue weighted by Gasteiger charge is 2.60. The maximum atomic E-state index is 12.9. The smallest absolute Gasteiger partial charge is 0.241 e. The summed E-state index contributed by atoms with van der Waals surface area (Å²) in [5.41, 5.74) is -0.298. The van der Waals surface area contributed by atoms with Crippen molar-refractivity contribution in [1.29, 1.82) is 0 Å². The second-order valence-corrected chi connectivity index (χ2v) is 9.32. The van der Waals surface area contributed by atoms with Crippen LogP contribution in [-0.2, 0) is 9.59 Å². The number of hydrogen-bond donors (Lipinski definition) is 1. The van der Waals surface area contributed by atoms with E-state index >= 15 is 0 Å². The van der Waals surface area contributed by atoms with Gasteiger partial charge in [-0.05, 0) is 69.6 Å². The highest BCUT2D eigenvalue weighted by atomic mass is 35.5. The molecule has 5 fully saturated rings. The van der Waals surface area contributed by atoms with E-state index in [0.29, 0.717) is 11.8 Å². The summed E-state index contributed by atoms with van der Waals surface area (Å²) in [6.07, 6.45) is 9.53. The van der Waals surface area contributed by atoms with Gasteiger partial charge in [0.25, 0.3) is 0 Å². The zero-order valence-corrected chi connectivity index (χ0v) is 14.5. The van der Waals surface area contributed by atoms with Crippen molar-refractivity contribution in [2.24, 2.45) is 17.3 Å². The van der Waals surface area contributed by atoms with Crippen LogP contribution in [0.2, 0.25) is 0 Å². The second-order valence-electron chi connectivity index (χ2n) is 8.52. The molecule has 4 nitrogen and oxygen atoms in total. The molecule has 1 N–H and O–H groups in total. The topological polar surface area (TPSA) is 49.4 Å². The number of alkyl halides is 1. The van der Waals surface area contributed by atoms with Gasteiger partial charge in [-0.25, -0.2) is 0 Å². The molecular weight excluding hydrogens is 312 g/mol. The zero-order valence-electron chi connectivity index (χ0n) is 13.8. The molecule has 4 saturated carbocycles. The molecule has 4 aliphatic carbocycles. The van der Waals surface area contributed by atoms with Gasteiger partial charge in [-0.2, -0.15) is 0 Å². The van der Waals surface area contributed by atoms with Gasteiger partial charge >= 0.3 is 0 Å². The van der Waals surface area contributed by atoms with Crippen molar-refractivity contribution < 1.29 is 9.59 Å². The second kappa shape index (κ2) is 5.65. The molecule has 0 aromatic heterocycles. The summed E-state index contributed by atoms with van der Waals surface area (Å²) in [7, 11) is 0. The Morgan fingerprint density at radius 1 is 1.04 bits per heavy atom. The number of nitrogens with zero attached hydrogens (tertiary/aromatic N) is 1. The van der Waals surface area contributed by atoms with Crippen LogP contribution in [0.15, 0.2) is 0 Å². The van der Waals surface area contributed by atoms with Crippen LogP contribution in [0.5, 0.6) is 0 Å². The molecule has 1 heterocycles. The highest BCUT2D eigenvalue weighted by Crippen LogP contribution is 2.63. The van der Waals surface area contributed by atoms with Crippen molar-refractivity contribution in [3.8, 4) is 0 Å². The van der Waals surface area contributed by atoms with Crippen molar-refractivity contribution in [2.75, 3.05) is 19.6 Å². The largest absolute Gasteiger partial charge is 0.347 e. The number of piperidine rings is 1. The molecule has 0 unspecified atom stereocenters. The molecule has 1 aliphatic heterocycles. The van der Waals surface area contributed by atoms with Gasteiger partial charge in [0.05, 0.1) is 12.0 Å². The lowest BCUT2D eigenvalue weighted by molar-refractivity contribution is -0.146. The van der Waals surface area contributed by atoms with Gasteiger partial charge in [-0.15, -0.1) is 11.6 Å². The fourth-order valence-electron chi connectivity index (χ4n) is 6.01. The van der Waals surface area contributed by atoms with Crippen LogP contribution >= 0.6 is 11.6 Å². The van der Waals surface area contributed by atoms with Crippen LogP contribution < -0.4 is 5.32 Å². The fourth-order valence-corrected chi connectivity index (χ4v) is 6.71. The Kier molecular flexibility index (Phi) is 3.86. The summed E-state index contributed by atoms with van der Waals surface area (Å²) in [4.78, 5) is 26.9. The Morgan fingerprint density at radius 2 is 1.70 bits per heavy atom. The first kappa shape index (κ1) is 15.7. The number of carbonyl (C=O) groups is 2. The monoisotopic (exact) mass is 338 g/mol. The number of rotatable bonds is 3. The number of amides is 2. The molecular formula is C18H27ClN2O2. The normalized spacial score (nSPS) is 41.9. The number of carbonyl (C=O) groups excluding carboxylic acids is 2. The minimum atomic E-state index is -0.298. The molecule has 0 aromatic rings. The van der Waals surface area contributed by atoms with E-state index < -0.39 is 0 Å². The molecule has 128 valence electrons. The van der Waals surface area contributed by atoms with Crippen LogP contribution in [0.4, 0.5) is 0 Å². The lowest BCUT2D eigenvalue weighted by atomic mass is 9.49. The van der Waals surface area contributed by atoms with Crippen molar-refractivity contribution in [3.05, 3.63) is 0 Å². The van der Waals surface area contributed by atoms with Gasteiger partial charge in [0.2, 0.25) is 11.8 Å². The summed E-state index contributed by atoms with van der Waals surface area (Å²) >= 11 is 6.79. The van der Waals surface area contributed by atoms with Crippen LogP contribution in [-0.4, -0.2) is 41.2 Å². The van der Waals surface area contributed by atoms with Gasteiger partial charge in [-0.1, -0.05) is 0 Å². The van der Waals surface area contributed by atoms with E-state index in [1.54, 1.807) is 0 Å². The molecule has 2 atom stereocenters. The maximum absolute atomic E-state index is 12.9. The predicted molar refractivity (Wildman–Crippen MR) is 89.1 cm³/mol. The van der Waals surface area contributed by atoms with E-state index in [9.17, 15) is 9.59 Å². The van der Waals surface area contributed by atoms with E-state index in [1.807, 2.05) is 4.90 Å². The fraction of sp³-hybridized carbons (Fsp3) is 0.889. The third-order valence-electron chi connectivity index (χ3n) is 6.58. The van der Waals surface area contributed by atoms with Crippen LogP contribution in [0.1, 0.15) is 57.8 Å². The molecule has 0 spiro atoms. The molecule has 1 saturated heterocycles. The molecule has 23 heavy (non-hydrogen) atoms. The Labute approximate surface area is 143 Å². The Bertz CT molecular complexity index is 501. The van der Waals surface area contributed by atoms with Gasteiger partial charge in [-0.3, -0.25) is 9.59 Å². The molecule has 0 aromatic carbocycles. The minimum Gasteiger partial charge on any atom is -0.347 e. The molecule has 5 heteroatoms. The van der Waals surface area contributed by atoms with E-state index in [0.717, 1.165) is 58.0 Å². The molecule has 5 aliphatic rings. The molecule has 4 bridgehead atoms.